The molecule has 7 heteroatoms. The highest BCUT2D eigenvalue weighted by molar-refractivity contribution is 6.30. The van der Waals surface area contributed by atoms with Crippen molar-refractivity contribution in [3.8, 4) is 11.8 Å². The second-order valence-corrected chi connectivity index (χ2v) is 5.14. The molecule has 2 aromatic carbocycles. The second kappa shape index (κ2) is 6.52. The molecule has 0 spiro atoms. The third-order valence-electron chi connectivity index (χ3n) is 3.29. The minimum absolute atomic E-state index is 0.0236. The Bertz CT molecular complexity index is 928. The topological polar surface area (TPSA) is 73.0 Å². The average molecular weight is 341 g/mol. The van der Waals surface area contributed by atoms with Gasteiger partial charge in [-0.05, 0) is 24.3 Å². The van der Waals surface area contributed by atoms with Crippen molar-refractivity contribution in [2.45, 2.75) is 0 Å². The van der Waals surface area contributed by atoms with Gasteiger partial charge < -0.3 is 5.11 Å². The van der Waals surface area contributed by atoms with Crippen LogP contribution in [-0.2, 0) is 0 Å². The normalized spacial score (nSPS) is 10.2. The van der Waals surface area contributed by atoms with E-state index in [2.05, 4.69) is 9.97 Å². The zero-order chi connectivity index (χ0) is 17.1. The Morgan fingerprint density at radius 2 is 1.88 bits per heavy atom. The fourth-order valence-corrected chi connectivity index (χ4v) is 2.42. The van der Waals surface area contributed by atoms with Crippen LogP contribution in [0.3, 0.4) is 0 Å². The van der Waals surface area contributed by atoms with Crippen LogP contribution < -0.4 is 4.90 Å². The summed E-state index contributed by atoms with van der Waals surface area (Å²) in [7, 11) is 0. The van der Waals surface area contributed by atoms with Crippen LogP contribution in [0.5, 0.6) is 5.75 Å². The van der Waals surface area contributed by atoms with Crippen LogP contribution >= 0.6 is 11.6 Å². The number of phenolic OH excluding ortho intramolecular Hbond substituents is 1. The van der Waals surface area contributed by atoms with Crippen molar-refractivity contribution in [3.63, 3.8) is 0 Å². The lowest BCUT2D eigenvalue weighted by Gasteiger charge is -2.25. The number of nitriles is 1. The number of nitrogens with zero attached hydrogens (tertiary/aromatic N) is 4. The molecule has 1 N–H and O–H groups in total. The Kier molecular flexibility index (Phi) is 4.27. The number of rotatable bonds is 3. The molecule has 0 saturated carbocycles. The van der Waals surface area contributed by atoms with Crippen molar-refractivity contribution in [3.05, 3.63) is 71.4 Å². The molecular weight excluding hydrogens is 331 g/mol. The molecule has 5 nitrogen and oxygen atoms in total. The monoisotopic (exact) mass is 340 g/mol. The lowest BCUT2D eigenvalue weighted by atomic mass is 10.2. The molecule has 3 aromatic rings. The van der Waals surface area contributed by atoms with Gasteiger partial charge in [0, 0.05) is 11.8 Å². The number of benzene rings is 2. The Morgan fingerprint density at radius 1 is 1.12 bits per heavy atom. The van der Waals surface area contributed by atoms with Crippen molar-refractivity contribution >= 4 is 28.8 Å². The molecule has 118 valence electrons. The molecule has 0 aliphatic heterocycles. The van der Waals surface area contributed by atoms with Gasteiger partial charge in [0.2, 0.25) is 0 Å². The molecule has 1 aromatic heterocycles. The molecule has 0 atom stereocenters. The number of halogens is 2. The molecule has 3 rings (SSSR count). The molecular formula is C17H10ClFN4O. The molecule has 0 unspecified atom stereocenters. The van der Waals surface area contributed by atoms with Crippen LogP contribution in [0, 0.1) is 17.1 Å². The lowest BCUT2D eigenvalue weighted by Crippen LogP contribution is -2.15. The molecule has 0 amide bonds. The number of anilines is 3. The quantitative estimate of drug-likeness (QED) is 0.719. The van der Waals surface area contributed by atoms with Gasteiger partial charge in [-0.2, -0.15) is 5.26 Å². The van der Waals surface area contributed by atoms with Gasteiger partial charge in [0.05, 0.1) is 5.69 Å². The van der Waals surface area contributed by atoms with Crippen LogP contribution in [0.25, 0.3) is 0 Å². The first-order chi connectivity index (χ1) is 11.6. The predicted octanol–water partition coefficient (Wildman–Crippen LogP) is 4.32. The van der Waals surface area contributed by atoms with Crippen LogP contribution in [0.1, 0.15) is 5.56 Å². The van der Waals surface area contributed by atoms with E-state index in [9.17, 15) is 14.8 Å². The van der Waals surface area contributed by atoms with Gasteiger partial charge in [0.1, 0.15) is 23.7 Å². The Balaban J connectivity index is 2.29. The number of hydrogen-bond donors (Lipinski definition) is 1. The van der Waals surface area contributed by atoms with Crippen molar-refractivity contribution in [2.24, 2.45) is 0 Å². The van der Waals surface area contributed by atoms with Crippen molar-refractivity contribution in [2.75, 3.05) is 4.90 Å². The van der Waals surface area contributed by atoms with Crippen LogP contribution in [0.2, 0.25) is 5.15 Å². The predicted molar refractivity (Wildman–Crippen MR) is 88.1 cm³/mol. The van der Waals surface area contributed by atoms with Gasteiger partial charge in [-0.1, -0.05) is 29.8 Å². The number of para-hydroxylation sites is 1. The molecule has 0 fully saturated rings. The number of aromatic hydroxyl groups is 1. The van der Waals surface area contributed by atoms with Gasteiger partial charge in [0.25, 0.3) is 0 Å². The molecule has 24 heavy (non-hydrogen) atoms. The summed E-state index contributed by atoms with van der Waals surface area (Å²) in [6.07, 6.45) is 1.20. The standard InChI is InChI=1S/C17H10ClFN4O/c18-16-13(9-20)17(22-10-21-16)23(11-4-2-1-3-5-11)15-7-6-12(24)8-14(15)19/h1-8,10,24H. The minimum atomic E-state index is -0.669. The van der Waals surface area contributed by atoms with E-state index in [1.807, 2.05) is 12.1 Å². The van der Waals surface area contributed by atoms with Gasteiger partial charge >= 0.3 is 0 Å². The van der Waals surface area contributed by atoms with E-state index in [4.69, 9.17) is 11.6 Å². The highest BCUT2D eigenvalue weighted by Crippen LogP contribution is 2.38. The van der Waals surface area contributed by atoms with Gasteiger partial charge in [-0.3, -0.25) is 4.90 Å². The summed E-state index contributed by atoms with van der Waals surface area (Å²) in [5.41, 5.74) is 0.717. The fraction of sp³-hybridized carbons (Fsp3) is 0. The fourth-order valence-electron chi connectivity index (χ4n) is 2.25. The first-order valence-electron chi connectivity index (χ1n) is 6.86. The van der Waals surface area contributed by atoms with E-state index in [1.54, 1.807) is 24.3 Å². The minimum Gasteiger partial charge on any atom is -0.508 e. The highest BCUT2D eigenvalue weighted by Gasteiger charge is 2.22. The summed E-state index contributed by atoms with van der Waals surface area (Å²) in [5, 5.41) is 18.8. The Labute approximate surface area is 142 Å². The third-order valence-corrected chi connectivity index (χ3v) is 3.58. The molecule has 0 aliphatic carbocycles. The first kappa shape index (κ1) is 15.7. The van der Waals surface area contributed by atoms with Crippen molar-refractivity contribution in [1.29, 1.82) is 5.26 Å². The van der Waals surface area contributed by atoms with E-state index in [0.29, 0.717) is 5.69 Å². The van der Waals surface area contributed by atoms with E-state index in [-0.39, 0.29) is 28.0 Å². The smallest absolute Gasteiger partial charge is 0.160 e. The third kappa shape index (κ3) is 2.85. The van der Waals surface area contributed by atoms with Crippen LogP contribution in [0.4, 0.5) is 21.6 Å². The molecule has 0 aliphatic rings. The molecule has 0 saturated heterocycles. The maximum atomic E-state index is 14.4. The summed E-state index contributed by atoms with van der Waals surface area (Å²) in [4.78, 5) is 9.34. The van der Waals surface area contributed by atoms with E-state index < -0.39 is 5.82 Å². The van der Waals surface area contributed by atoms with E-state index >= 15 is 0 Å². The highest BCUT2D eigenvalue weighted by atomic mass is 35.5. The van der Waals surface area contributed by atoms with Crippen molar-refractivity contribution < 1.29 is 9.50 Å². The SMILES string of the molecule is N#Cc1c(Cl)ncnc1N(c1ccccc1)c1ccc(O)cc1F. The molecule has 1 heterocycles. The lowest BCUT2D eigenvalue weighted by molar-refractivity contribution is 0.469. The Morgan fingerprint density at radius 3 is 2.54 bits per heavy atom. The van der Waals surface area contributed by atoms with Crippen LogP contribution in [-0.4, -0.2) is 15.1 Å². The zero-order valence-corrected chi connectivity index (χ0v) is 12.9. The maximum Gasteiger partial charge on any atom is 0.160 e. The zero-order valence-electron chi connectivity index (χ0n) is 12.2. The Hall–Kier alpha value is -3.17. The first-order valence-corrected chi connectivity index (χ1v) is 7.24. The summed E-state index contributed by atoms with van der Waals surface area (Å²) in [6.45, 7) is 0. The molecule has 0 radical (unpaired) electrons. The largest absolute Gasteiger partial charge is 0.508 e. The maximum absolute atomic E-state index is 14.4. The molecule has 0 bridgehead atoms. The summed E-state index contributed by atoms with van der Waals surface area (Å²) >= 11 is 5.98. The summed E-state index contributed by atoms with van der Waals surface area (Å²) < 4.78 is 14.4. The van der Waals surface area contributed by atoms with E-state index in [0.717, 1.165) is 6.07 Å². The number of phenols is 1. The second-order valence-electron chi connectivity index (χ2n) is 4.78. The van der Waals surface area contributed by atoms with Gasteiger partial charge in [-0.15, -0.1) is 0 Å². The number of hydrogen-bond acceptors (Lipinski definition) is 5. The average Bonchev–Trinajstić information content (AvgIpc) is 2.58. The number of aromatic nitrogens is 2. The van der Waals surface area contributed by atoms with Gasteiger partial charge in [-0.25, -0.2) is 14.4 Å². The van der Waals surface area contributed by atoms with E-state index in [1.165, 1.54) is 23.4 Å². The van der Waals surface area contributed by atoms with Crippen molar-refractivity contribution in [1.82, 2.24) is 9.97 Å². The summed E-state index contributed by atoms with van der Waals surface area (Å²) in [6, 6.07) is 14.5. The van der Waals surface area contributed by atoms with Crippen LogP contribution in [0.15, 0.2) is 54.9 Å². The van der Waals surface area contributed by atoms with Gasteiger partial charge in [0.15, 0.2) is 16.8 Å². The summed E-state index contributed by atoms with van der Waals surface area (Å²) in [5.74, 6) is -0.726.